The Bertz CT molecular complexity index is 701. The molecule has 120 valence electrons. The SMILES string of the molecule is CNC(=O)c1cc(OC2CCN(C(=O)c3ccon3)C2)ccn1. The van der Waals surface area contributed by atoms with E-state index in [0.29, 0.717) is 31.0 Å². The first-order chi connectivity index (χ1) is 11.2. The van der Waals surface area contributed by atoms with Gasteiger partial charge in [0.25, 0.3) is 11.8 Å². The minimum Gasteiger partial charge on any atom is -0.488 e. The van der Waals surface area contributed by atoms with Crippen LogP contribution in [0.1, 0.15) is 27.4 Å². The second kappa shape index (κ2) is 6.47. The number of carbonyl (C=O) groups excluding carboxylic acids is 2. The molecule has 23 heavy (non-hydrogen) atoms. The summed E-state index contributed by atoms with van der Waals surface area (Å²) in [7, 11) is 1.54. The molecule has 1 N–H and O–H groups in total. The van der Waals surface area contributed by atoms with Gasteiger partial charge in [-0.25, -0.2) is 0 Å². The molecule has 8 nitrogen and oxygen atoms in total. The van der Waals surface area contributed by atoms with Gasteiger partial charge in [-0.3, -0.25) is 14.6 Å². The van der Waals surface area contributed by atoms with Gasteiger partial charge >= 0.3 is 0 Å². The fourth-order valence-electron chi connectivity index (χ4n) is 2.42. The first kappa shape index (κ1) is 15.0. The molecule has 2 aromatic rings. The molecule has 1 aliphatic heterocycles. The van der Waals surface area contributed by atoms with E-state index >= 15 is 0 Å². The van der Waals surface area contributed by atoms with Gasteiger partial charge in [-0.2, -0.15) is 0 Å². The van der Waals surface area contributed by atoms with Crippen LogP contribution in [0.4, 0.5) is 0 Å². The molecule has 1 fully saturated rings. The third-order valence-corrected chi connectivity index (χ3v) is 3.58. The van der Waals surface area contributed by atoms with Gasteiger partial charge in [0.15, 0.2) is 5.69 Å². The van der Waals surface area contributed by atoms with E-state index in [9.17, 15) is 9.59 Å². The quantitative estimate of drug-likeness (QED) is 0.892. The molecule has 1 unspecified atom stereocenters. The lowest BCUT2D eigenvalue weighted by Gasteiger charge is -2.16. The van der Waals surface area contributed by atoms with Gasteiger partial charge in [0.2, 0.25) is 0 Å². The zero-order chi connectivity index (χ0) is 16.2. The average Bonchev–Trinajstić information content (AvgIpc) is 3.25. The summed E-state index contributed by atoms with van der Waals surface area (Å²) in [5.41, 5.74) is 0.579. The van der Waals surface area contributed by atoms with Crippen molar-refractivity contribution in [3.05, 3.63) is 42.0 Å². The van der Waals surface area contributed by atoms with Crippen LogP contribution in [0.3, 0.4) is 0 Å². The number of ether oxygens (including phenoxy) is 1. The Labute approximate surface area is 132 Å². The van der Waals surface area contributed by atoms with E-state index in [0.717, 1.165) is 0 Å². The fraction of sp³-hybridized carbons (Fsp3) is 0.333. The molecule has 0 aromatic carbocycles. The van der Waals surface area contributed by atoms with Crippen LogP contribution < -0.4 is 10.1 Å². The molecule has 8 heteroatoms. The van der Waals surface area contributed by atoms with Crippen LogP contribution in [0, 0.1) is 0 Å². The van der Waals surface area contributed by atoms with Crippen LogP contribution >= 0.6 is 0 Å². The van der Waals surface area contributed by atoms with Crippen LogP contribution in [-0.4, -0.2) is 53.1 Å². The Morgan fingerprint density at radius 1 is 1.39 bits per heavy atom. The van der Waals surface area contributed by atoms with Crippen molar-refractivity contribution < 1.29 is 18.8 Å². The fourth-order valence-corrected chi connectivity index (χ4v) is 2.42. The van der Waals surface area contributed by atoms with E-state index in [4.69, 9.17) is 9.26 Å². The molecular weight excluding hydrogens is 300 g/mol. The van der Waals surface area contributed by atoms with Crippen molar-refractivity contribution in [1.29, 1.82) is 0 Å². The minimum atomic E-state index is -0.273. The molecule has 3 rings (SSSR count). The monoisotopic (exact) mass is 316 g/mol. The molecule has 1 saturated heterocycles. The number of nitrogens with zero attached hydrogens (tertiary/aromatic N) is 3. The summed E-state index contributed by atoms with van der Waals surface area (Å²) in [5.74, 6) is 0.106. The number of likely N-dealkylation sites (tertiary alicyclic amines) is 1. The van der Waals surface area contributed by atoms with E-state index in [1.807, 2.05) is 0 Å². The van der Waals surface area contributed by atoms with Gasteiger partial charge in [0.1, 0.15) is 23.8 Å². The number of hydrogen-bond donors (Lipinski definition) is 1. The van der Waals surface area contributed by atoms with Crippen LogP contribution in [0.5, 0.6) is 5.75 Å². The van der Waals surface area contributed by atoms with Gasteiger partial charge in [-0.1, -0.05) is 5.16 Å². The summed E-state index contributed by atoms with van der Waals surface area (Å²) in [6, 6.07) is 4.81. The number of pyridine rings is 1. The lowest BCUT2D eigenvalue weighted by molar-refractivity contribution is 0.0762. The van der Waals surface area contributed by atoms with E-state index in [-0.39, 0.29) is 23.6 Å². The smallest absolute Gasteiger partial charge is 0.276 e. The summed E-state index contributed by atoms with van der Waals surface area (Å²) in [6.45, 7) is 1.05. The summed E-state index contributed by atoms with van der Waals surface area (Å²) >= 11 is 0. The first-order valence-corrected chi connectivity index (χ1v) is 7.22. The van der Waals surface area contributed by atoms with Gasteiger partial charge < -0.3 is 19.5 Å². The zero-order valence-corrected chi connectivity index (χ0v) is 12.6. The third kappa shape index (κ3) is 3.31. The normalized spacial score (nSPS) is 17.1. The molecule has 2 aromatic heterocycles. The van der Waals surface area contributed by atoms with Crippen LogP contribution in [0.25, 0.3) is 0 Å². The predicted octanol–water partition coefficient (Wildman–Crippen LogP) is 0.723. The van der Waals surface area contributed by atoms with Crippen LogP contribution in [-0.2, 0) is 0 Å². The Kier molecular flexibility index (Phi) is 4.22. The lowest BCUT2D eigenvalue weighted by atomic mass is 10.3. The summed E-state index contributed by atoms with van der Waals surface area (Å²) in [4.78, 5) is 29.4. The molecule has 0 radical (unpaired) electrons. The second-order valence-corrected chi connectivity index (χ2v) is 5.12. The van der Waals surface area contributed by atoms with Crippen molar-refractivity contribution in [3.63, 3.8) is 0 Å². The number of rotatable bonds is 4. The maximum Gasteiger partial charge on any atom is 0.276 e. The van der Waals surface area contributed by atoms with Crippen molar-refractivity contribution in [2.24, 2.45) is 0 Å². The van der Waals surface area contributed by atoms with E-state index in [1.165, 1.54) is 18.5 Å². The minimum absolute atomic E-state index is 0.134. The van der Waals surface area contributed by atoms with Gasteiger partial charge in [0, 0.05) is 38.3 Å². The second-order valence-electron chi connectivity index (χ2n) is 5.12. The number of hydrogen-bond acceptors (Lipinski definition) is 6. The average molecular weight is 316 g/mol. The highest BCUT2D eigenvalue weighted by Gasteiger charge is 2.29. The predicted molar refractivity (Wildman–Crippen MR) is 79.1 cm³/mol. The molecule has 0 spiro atoms. The Hall–Kier alpha value is -2.90. The van der Waals surface area contributed by atoms with Gasteiger partial charge in [0.05, 0.1) is 6.54 Å². The Morgan fingerprint density at radius 2 is 2.26 bits per heavy atom. The van der Waals surface area contributed by atoms with Crippen molar-refractivity contribution in [2.45, 2.75) is 12.5 Å². The molecular formula is C15H16N4O4. The summed E-state index contributed by atoms with van der Waals surface area (Å²) in [6.07, 6.45) is 3.47. The maximum atomic E-state index is 12.2. The largest absolute Gasteiger partial charge is 0.488 e. The summed E-state index contributed by atoms with van der Waals surface area (Å²) < 4.78 is 10.5. The molecule has 1 atom stereocenters. The molecule has 1 aliphatic rings. The van der Waals surface area contributed by atoms with Crippen molar-refractivity contribution in [1.82, 2.24) is 20.4 Å². The van der Waals surface area contributed by atoms with Gasteiger partial charge in [-0.05, 0) is 6.07 Å². The van der Waals surface area contributed by atoms with Crippen LogP contribution in [0.15, 0.2) is 35.2 Å². The van der Waals surface area contributed by atoms with E-state index in [1.54, 1.807) is 24.1 Å². The Morgan fingerprint density at radius 3 is 3.00 bits per heavy atom. The Balaban J connectivity index is 1.62. The maximum absolute atomic E-state index is 12.2. The van der Waals surface area contributed by atoms with E-state index in [2.05, 4.69) is 15.5 Å². The van der Waals surface area contributed by atoms with E-state index < -0.39 is 0 Å². The molecule has 0 saturated carbocycles. The zero-order valence-electron chi connectivity index (χ0n) is 12.6. The standard InChI is InChI=1S/C15H16N4O4/c1-16-14(20)13-8-10(2-5-17-13)23-11-3-6-19(9-11)15(21)12-4-7-22-18-12/h2,4-5,7-8,11H,3,6,9H2,1H3,(H,16,20). The van der Waals surface area contributed by atoms with Gasteiger partial charge in [-0.15, -0.1) is 0 Å². The topological polar surface area (TPSA) is 97.6 Å². The van der Waals surface area contributed by atoms with Crippen molar-refractivity contribution >= 4 is 11.8 Å². The molecule has 3 heterocycles. The third-order valence-electron chi connectivity index (χ3n) is 3.58. The summed E-state index contributed by atoms with van der Waals surface area (Å²) in [5, 5.41) is 6.16. The highest BCUT2D eigenvalue weighted by Crippen LogP contribution is 2.20. The molecule has 0 bridgehead atoms. The number of nitrogens with one attached hydrogen (secondary N) is 1. The molecule has 0 aliphatic carbocycles. The number of carbonyl (C=O) groups is 2. The highest BCUT2D eigenvalue weighted by molar-refractivity contribution is 5.92. The van der Waals surface area contributed by atoms with Crippen molar-refractivity contribution in [2.75, 3.05) is 20.1 Å². The molecule has 2 amide bonds. The van der Waals surface area contributed by atoms with Crippen LogP contribution in [0.2, 0.25) is 0 Å². The highest BCUT2D eigenvalue weighted by atomic mass is 16.5. The number of aromatic nitrogens is 2. The first-order valence-electron chi connectivity index (χ1n) is 7.22. The van der Waals surface area contributed by atoms with Crippen molar-refractivity contribution in [3.8, 4) is 5.75 Å². The number of amides is 2. The lowest BCUT2D eigenvalue weighted by Crippen LogP contribution is -2.31.